The van der Waals surface area contributed by atoms with Gasteiger partial charge >= 0.3 is 0 Å². The van der Waals surface area contributed by atoms with E-state index in [1.165, 1.54) is 17.2 Å². The van der Waals surface area contributed by atoms with E-state index < -0.39 is 0 Å². The van der Waals surface area contributed by atoms with Crippen LogP contribution in [-0.4, -0.2) is 40.4 Å². The van der Waals surface area contributed by atoms with E-state index in [1.807, 2.05) is 36.7 Å². The van der Waals surface area contributed by atoms with E-state index in [0.29, 0.717) is 13.1 Å². The van der Waals surface area contributed by atoms with Crippen molar-refractivity contribution >= 4 is 38.6 Å². The molecule has 0 aliphatic carbocycles. The number of rotatable bonds is 5. The average molecular weight is 544 g/mol. The van der Waals surface area contributed by atoms with Gasteiger partial charge in [0.05, 0.1) is 11.6 Å². The Hall–Kier alpha value is -3.64. The molecule has 1 aliphatic heterocycles. The minimum atomic E-state index is -0.0891. The molecule has 1 fully saturated rings. The first-order valence-electron chi connectivity index (χ1n) is 11.9. The highest BCUT2D eigenvalue weighted by Crippen LogP contribution is 2.28. The van der Waals surface area contributed by atoms with Crippen molar-refractivity contribution in [1.82, 2.24) is 14.8 Å². The summed E-state index contributed by atoms with van der Waals surface area (Å²) >= 11 is 3.52. The van der Waals surface area contributed by atoms with Crippen LogP contribution >= 0.6 is 15.9 Å². The monoisotopic (exact) mass is 543 g/mol. The molecule has 0 unspecified atom stereocenters. The minimum Gasteiger partial charge on any atom is -0.348 e. The van der Waals surface area contributed by atoms with Crippen LogP contribution in [0.3, 0.4) is 0 Å². The number of hydrogen-bond donors (Lipinski definition) is 1. The SMILES string of the molecule is C=CC(=O)N1CC(NC(=O)Cn2cc(C)c3cc(Br)cc(C)c32)C1.c1ccc(-c2ccccc2)cc1. The topological polar surface area (TPSA) is 54.3 Å². The van der Waals surface area contributed by atoms with Crippen LogP contribution in [0.4, 0.5) is 0 Å². The van der Waals surface area contributed by atoms with Crippen LogP contribution in [0, 0.1) is 13.8 Å². The van der Waals surface area contributed by atoms with Crippen molar-refractivity contribution in [2.45, 2.75) is 26.4 Å². The van der Waals surface area contributed by atoms with Gasteiger partial charge in [-0.05, 0) is 54.3 Å². The molecule has 5 nitrogen and oxygen atoms in total. The van der Waals surface area contributed by atoms with Crippen LogP contribution in [0.15, 0.2) is 96.1 Å². The number of carbonyl (C=O) groups excluding carboxylic acids is 2. The van der Waals surface area contributed by atoms with E-state index in [4.69, 9.17) is 0 Å². The Morgan fingerprint density at radius 2 is 1.56 bits per heavy atom. The molecule has 2 amide bonds. The molecule has 0 spiro atoms. The number of nitrogens with zero attached hydrogens (tertiary/aromatic N) is 2. The highest BCUT2D eigenvalue weighted by Gasteiger charge is 2.30. The fourth-order valence-electron chi connectivity index (χ4n) is 4.48. The third-order valence-electron chi connectivity index (χ3n) is 6.25. The molecule has 184 valence electrons. The van der Waals surface area contributed by atoms with E-state index in [1.54, 1.807) is 4.90 Å². The maximum atomic E-state index is 12.3. The zero-order valence-electron chi connectivity index (χ0n) is 20.6. The summed E-state index contributed by atoms with van der Waals surface area (Å²) in [6, 6.07) is 24.9. The fraction of sp³-hybridized carbons (Fsp3) is 0.200. The standard InChI is InChI=1S/C18H20BrN3O2.C12H10/c1-4-17(24)21-8-14(9-21)20-16(23)10-22-7-12(3)15-6-13(19)5-11(2)18(15)22;1-3-7-11(8-4-1)12-9-5-2-6-10-12/h4-7,14H,1,8-10H2,2-3H3,(H,20,23);1-10H. The number of carbonyl (C=O) groups is 2. The van der Waals surface area contributed by atoms with Crippen molar-refractivity contribution in [3.8, 4) is 11.1 Å². The van der Waals surface area contributed by atoms with Gasteiger partial charge in [0, 0.05) is 29.1 Å². The zero-order chi connectivity index (χ0) is 25.7. The van der Waals surface area contributed by atoms with Gasteiger partial charge in [0.1, 0.15) is 6.54 Å². The Kier molecular flexibility index (Phi) is 8.06. The molecular weight excluding hydrogens is 514 g/mol. The Morgan fingerprint density at radius 3 is 2.11 bits per heavy atom. The molecule has 5 rings (SSSR count). The lowest BCUT2D eigenvalue weighted by molar-refractivity contribution is -0.133. The van der Waals surface area contributed by atoms with E-state index in [2.05, 4.69) is 88.5 Å². The van der Waals surface area contributed by atoms with Gasteiger partial charge < -0.3 is 14.8 Å². The molecule has 1 saturated heterocycles. The maximum absolute atomic E-state index is 12.3. The number of fused-ring (bicyclic) bond motifs is 1. The Morgan fingerprint density at radius 1 is 0.972 bits per heavy atom. The van der Waals surface area contributed by atoms with Crippen LogP contribution in [0.2, 0.25) is 0 Å². The van der Waals surface area contributed by atoms with Crippen molar-refractivity contribution in [3.05, 3.63) is 107 Å². The van der Waals surface area contributed by atoms with Crippen molar-refractivity contribution in [3.63, 3.8) is 0 Å². The van der Waals surface area contributed by atoms with Crippen LogP contribution in [0.1, 0.15) is 11.1 Å². The lowest BCUT2D eigenvalue weighted by atomic mass is 10.1. The number of halogens is 1. The number of amides is 2. The second kappa shape index (κ2) is 11.4. The van der Waals surface area contributed by atoms with E-state index in [-0.39, 0.29) is 24.4 Å². The van der Waals surface area contributed by atoms with Crippen molar-refractivity contribution in [2.75, 3.05) is 13.1 Å². The number of hydrogen-bond acceptors (Lipinski definition) is 2. The third kappa shape index (κ3) is 5.94. The van der Waals surface area contributed by atoms with E-state index >= 15 is 0 Å². The van der Waals surface area contributed by atoms with E-state index in [0.717, 1.165) is 26.5 Å². The number of aromatic nitrogens is 1. The molecule has 2 heterocycles. The van der Waals surface area contributed by atoms with Crippen LogP contribution in [0.5, 0.6) is 0 Å². The third-order valence-corrected chi connectivity index (χ3v) is 6.71. The summed E-state index contributed by atoms with van der Waals surface area (Å²) in [5, 5.41) is 4.14. The Labute approximate surface area is 220 Å². The predicted octanol–water partition coefficient (Wildman–Crippen LogP) is 5.89. The highest BCUT2D eigenvalue weighted by molar-refractivity contribution is 9.10. The number of nitrogens with one attached hydrogen (secondary N) is 1. The zero-order valence-corrected chi connectivity index (χ0v) is 22.2. The molecule has 1 aromatic heterocycles. The molecular formula is C30H30BrN3O2. The summed E-state index contributed by atoms with van der Waals surface area (Å²) in [7, 11) is 0. The quantitative estimate of drug-likeness (QED) is 0.319. The number of likely N-dealkylation sites (tertiary alicyclic amines) is 1. The predicted molar refractivity (Wildman–Crippen MR) is 150 cm³/mol. The van der Waals surface area contributed by atoms with Gasteiger partial charge in [-0.3, -0.25) is 9.59 Å². The second-order valence-electron chi connectivity index (χ2n) is 9.00. The smallest absolute Gasteiger partial charge is 0.246 e. The average Bonchev–Trinajstić information content (AvgIpc) is 3.17. The first kappa shape index (κ1) is 25.5. The van der Waals surface area contributed by atoms with Crippen molar-refractivity contribution in [1.29, 1.82) is 0 Å². The van der Waals surface area contributed by atoms with Gasteiger partial charge in [-0.1, -0.05) is 83.2 Å². The molecule has 4 aromatic rings. The maximum Gasteiger partial charge on any atom is 0.246 e. The lowest BCUT2D eigenvalue weighted by Gasteiger charge is -2.38. The van der Waals surface area contributed by atoms with Crippen LogP contribution in [0.25, 0.3) is 22.0 Å². The van der Waals surface area contributed by atoms with Gasteiger partial charge in [0.2, 0.25) is 11.8 Å². The molecule has 3 aromatic carbocycles. The van der Waals surface area contributed by atoms with Gasteiger partial charge in [-0.15, -0.1) is 0 Å². The molecule has 0 saturated carbocycles. The first-order chi connectivity index (χ1) is 17.4. The fourth-order valence-corrected chi connectivity index (χ4v) is 5.05. The number of benzene rings is 3. The molecule has 0 radical (unpaired) electrons. The summed E-state index contributed by atoms with van der Waals surface area (Å²) in [6.07, 6.45) is 3.31. The number of aryl methyl sites for hydroxylation is 2. The summed E-state index contributed by atoms with van der Waals surface area (Å²) < 4.78 is 3.03. The van der Waals surface area contributed by atoms with Gasteiger partial charge in [0.25, 0.3) is 0 Å². The molecule has 1 N–H and O–H groups in total. The van der Waals surface area contributed by atoms with Gasteiger partial charge in [-0.2, -0.15) is 0 Å². The summed E-state index contributed by atoms with van der Waals surface area (Å²) in [5.41, 5.74) is 5.92. The van der Waals surface area contributed by atoms with Gasteiger partial charge in [0.15, 0.2) is 0 Å². The largest absolute Gasteiger partial charge is 0.348 e. The van der Waals surface area contributed by atoms with Crippen LogP contribution in [-0.2, 0) is 16.1 Å². The summed E-state index contributed by atoms with van der Waals surface area (Å²) in [5.74, 6) is -0.126. The van der Waals surface area contributed by atoms with Crippen molar-refractivity contribution in [2.24, 2.45) is 0 Å². The highest BCUT2D eigenvalue weighted by atomic mass is 79.9. The molecule has 1 aliphatic rings. The van der Waals surface area contributed by atoms with Crippen LogP contribution < -0.4 is 5.32 Å². The molecule has 36 heavy (non-hydrogen) atoms. The van der Waals surface area contributed by atoms with Gasteiger partial charge in [-0.25, -0.2) is 0 Å². The van der Waals surface area contributed by atoms with Crippen molar-refractivity contribution < 1.29 is 9.59 Å². The Balaban J connectivity index is 0.000000211. The molecule has 0 bridgehead atoms. The normalized spacial score (nSPS) is 12.9. The first-order valence-corrected chi connectivity index (χ1v) is 12.7. The Bertz CT molecular complexity index is 1340. The van der Waals surface area contributed by atoms with E-state index in [9.17, 15) is 9.59 Å². The second-order valence-corrected chi connectivity index (χ2v) is 9.92. The molecule has 6 heteroatoms. The molecule has 0 atom stereocenters. The lowest BCUT2D eigenvalue weighted by Crippen LogP contribution is -2.61. The summed E-state index contributed by atoms with van der Waals surface area (Å²) in [4.78, 5) is 25.4. The summed E-state index contributed by atoms with van der Waals surface area (Å²) in [6.45, 7) is 8.94. The minimum absolute atomic E-state index is 0.0274.